The van der Waals surface area contributed by atoms with Crippen LogP contribution in [0.2, 0.25) is 0 Å². The summed E-state index contributed by atoms with van der Waals surface area (Å²) in [7, 11) is 0. The van der Waals surface area contributed by atoms with Crippen molar-refractivity contribution < 1.29 is 9.47 Å². The first-order valence-corrected chi connectivity index (χ1v) is 9.41. The lowest BCUT2D eigenvalue weighted by Crippen LogP contribution is -2.45. The summed E-state index contributed by atoms with van der Waals surface area (Å²) >= 11 is 0. The van der Waals surface area contributed by atoms with Gasteiger partial charge in [-0.2, -0.15) is 0 Å². The fraction of sp³-hybridized carbons (Fsp3) is 0.737. The molecule has 5 heteroatoms. The third kappa shape index (κ3) is 3.97. The summed E-state index contributed by atoms with van der Waals surface area (Å²) in [5.74, 6) is 0. The molecule has 4 rings (SSSR count). The molecule has 3 saturated heterocycles. The minimum absolute atomic E-state index is 0.108. The van der Waals surface area contributed by atoms with Crippen LogP contribution in [-0.2, 0) is 16.0 Å². The van der Waals surface area contributed by atoms with Crippen molar-refractivity contribution in [3.8, 4) is 0 Å². The zero-order valence-electron chi connectivity index (χ0n) is 14.5. The quantitative estimate of drug-likeness (QED) is 0.843. The van der Waals surface area contributed by atoms with Gasteiger partial charge in [0.2, 0.25) is 0 Å². The molecule has 3 fully saturated rings. The number of hydrogen-bond acceptors (Lipinski definition) is 5. The van der Waals surface area contributed by atoms with E-state index in [4.69, 9.17) is 9.47 Å². The van der Waals surface area contributed by atoms with Gasteiger partial charge >= 0.3 is 0 Å². The molecule has 5 nitrogen and oxygen atoms in total. The van der Waals surface area contributed by atoms with E-state index in [2.05, 4.69) is 20.9 Å². The van der Waals surface area contributed by atoms with E-state index >= 15 is 0 Å². The Morgan fingerprint density at radius 2 is 2.12 bits per heavy atom. The maximum atomic E-state index is 6.58. The molecular weight excluding hydrogens is 302 g/mol. The summed E-state index contributed by atoms with van der Waals surface area (Å²) in [5.41, 5.74) is 1.16. The average Bonchev–Trinajstić information content (AvgIpc) is 3.19. The van der Waals surface area contributed by atoms with Crippen LogP contribution in [0.1, 0.15) is 31.2 Å². The van der Waals surface area contributed by atoms with E-state index < -0.39 is 0 Å². The number of hydrogen-bond donors (Lipinski definition) is 0. The van der Waals surface area contributed by atoms with Crippen LogP contribution >= 0.6 is 0 Å². The van der Waals surface area contributed by atoms with Gasteiger partial charge in [-0.3, -0.25) is 9.88 Å². The van der Waals surface area contributed by atoms with Crippen LogP contribution in [0.25, 0.3) is 0 Å². The molecule has 0 saturated carbocycles. The molecule has 0 aromatic carbocycles. The highest BCUT2D eigenvalue weighted by Gasteiger charge is 2.43. The van der Waals surface area contributed by atoms with Crippen molar-refractivity contribution in [1.29, 1.82) is 0 Å². The van der Waals surface area contributed by atoms with Gasteiger partial charge in [-0.15, -0.1) is 0 Å². The average molecular weight is 331 g/mol. The van der Waals surface area contributed by atoms with Crippen LogP contribution in [0.15, 0.2) is 24.5 Å². The SMILES string of the molecule is c1cncc(CN2CCOC[C@@]3(CC[C@@H](CN4CCCC4)O3)C2)c1. The largest absolute Gasteiger partial charge is 0.377 e. The smallest absolute Gasteiger partial charge is 0.105 e. The van der Waals surface area contributed by atoms with Gasteiger partial charge in [-0.1, -0.05) is 6.07 Å². The summed E-state index contributed by atoms with van der Waals surface area (Å²) in [5, 5.41) is 0. The fourth-order valence-electron chi connectivity index (χ4n) is 4.37. The van der Waals surface area contributed by atoms with Crippen molar-refractivity contribution in [3.63, 3.8) is 0 Å². The monoisotopic (exact) mass is 331 g/mol. The molecule has 24 heavy (non-hydrogen) atoms. The van der Waals surface area contributed by atoms with Gasteiger partial charge in [0.25, 0.3) is 0 Å². The number of pyridine rings is 1. The second-order valence-electron chi connectivity index (χ2n) is 7.59. The van der Waals surface area contributed by atoms with Crippen LogP contribution < -0.4 is 0 Å². The molecule has 3 aliphatic rings. The van der Waals surface area contributed by atoms with Crippen molar-refractivity contribution >= 4 is 0 Å². The lowest BCUT2D eigenvalue weighted by Gasteiger charge is -2.32. The highest BCUT2D eigenvalue weighted by molar-refractivity contribution is 5.08. The Hall–Kier alpha value is -1.01. The summed E-state index contributed by atoms with van der Waals surface area (Å²) in [4.78, 5) is 9.28. The van der Waals surface area contributed by atoms with E-state index in [1.165, 1.54) is 37.9 Å². The number of nitrogens with zero attached hydrogens (tertiary/aromatic N) is 3. The standard InChI is InChI=1S/C19H29N3O2/c1-2-9-21(8-1)14-18-5-6-19(24-18)15-22(10-11-23-16-19)13-17-4-3-7-20-12-17/h3-4,7,12,18H,1-2,5-6,8-11,13-16H2/t18-,19+/m0/s1. The summed E-state index contributed by atoms with van der Waals surface area (Å²) in [6, 6.07) is 4.16. The second kappa shape index (κ2) is 7.48. The molecule has 0 bridgehead atoms. The topological polar surface area (TPSA) is 37.8 Å². The van der Waals surface area contributed by atoms with Gasteiger partial charge in [0.05, 0.1) is 19.3 Å². The van der Waals surface area contributed by atoms with E-state index in [0.29, 0.717) is 6.10 Å². The zero-order chi connectivity index (χ0) is 16.2. The van der Waals surface area contributed by atoms with Gasteiger partial charge in [-0.05, 0) is 50.4 Å². The van der Waals surface area contributed by atoms with Crippen molar-refractivity contribution in [1.82, 2.24) is 14.8 Å². The summed E-state index contributed by atoms with van der Waals surface area (Å²) in [6.07, 6.45) is 9.16. The minimum Gasteiger partial charge on any atom is -0.377 e. The zero-order valence-corrected chi connectivity index (χ0v) is 14.5. The maximum Gasteiger partial charge on any atom is 0.105 e. The van der Waals surface area contributed by atoms with Crippen LogP contribution in [0.4, 0.5) is 0 Å². The van der Waals surface area contributed by atoms with Gasteiger partial charge < -0.3 is 14.4 Å². The summed E-state index contributed by atoms with van der Waals surface area (Å²) < 4.78 is 12.5. The first-order valence-electron chi connectivity index (χ1n) is 9.41. The van der Waals surface area contributed by atoms with Gasteiger partial charge in [0.15, 0.2) is 0 Å². The number of ether oxygens (including phenoxy) is 2. The number of aromatic nitrogens is 1. The lowest BCUT2D eigenvalue weighted by atomic mass is 10.00. The molecule has 3 aliphatic heterocycles. The normalized spacial score (nSPS) is 32.4. The number of likely N-dealkylation sites (tertiary alicyclic amines) is 1. The molecule has 1 aromatic heterocycles. The van der Waals surface area contributed by atoms with Crippen molar-refractivity contribution in [2.24, 2.45) is 0 Å². The molecule has 0 radical (unpaired) electrons. The van der Waals surface area contributed by atoms with Crippen molar-refractivity contribution in [2.45, 2.75) is 43.9 Å². The van der Waals surface area contributed by atoms with Crippen LogP contribution in [0.5, 0.6) is 0 Å². The Bertz CT molecular complexity index is 521. The molecule has 1 aromatic rings. The van der Waals surface area contributed by atoms with Gasteiger partial charge in [0.1, 0.15) is 5.60 Å². The Balaban J connectivity index is 1.37. The maximum absolute atomic E-state index is 6.58. The summed E-state index contributed by atoms with van der Waals surface area (Å²) in [6.45, 7) is 8.00. The van der Waals surface area contributed by atoms with Crippen molar-refractivity contribution in [3.05, 3.63) is 30.1 Å². The van der Waals surface area contributed by atoms with E-state index in [9.17, 15) is 0 Å². The first-order chi connectivity index (χ1) is 11.8. The third-order valence-electron chi connectivity index (χ3n) is 5.56. The predicted octanol–water partition coefficient (Wildman–Crippen LogP) is 1.93. The molecule has 0 amide bonds. The van der Waals surface area contributed by atoms with Crippen molar-refractivity contribution in [2.75, 3.05) is 45.9 Å². The Labute approximate surface area is 144 Å². The van der Waals surface area contributed by atoms with E-state index in [-0.39, 0.29) is 5.60 Å². The molecule has 0 unspecified atom stereocenters. The predicted molar refractivity (Wildman–Crippen MR) is 92.8 cm³/mol. The van der Waals surface area contributed by atoms with Gasteiger partial charge in [0, 0.05) is 38.6 Å². The second-order valence-corrected chi connectivity index (χ2v) is 7.59. The molecule has 0 N–H and O–H groups in total. The number of rotatable bonds is 4. The molecule has 1 spiro atoms. The van der Waals surface area contributed by atoms with E-state index in [1.807, 2.05) is 18.5 Å². The first kappa shape index (κ1) is 16.5. The van der Waals surface area contributed by atoms with Crippen LogP contribution in [0.3, 0.4) is 0 Å². The Morgan fingerprint density at radius 1 is 1.21 bits per heavy atom. The highest BCUT2D eigenvalue weighted by atomic mass is 16.6. The molecule has 2 atom stereocenters. The molecular formula is C19H29N3O2. The Kier molecular flexibility index (Phi) is 5.13. The minimum atomic E-state index is -0.108. The van der Waals surface area contributed by atoms with Crippen LogP contribution in [0, 0.1) is 0 Å². The van der Waals surface area contributed by atoms with E-state index in [1.54, 1.807) is 0 Å². The lowest BCUT2D eigenvalue weighted by molar-refractivity contribution is -0.0913. The molecule has 0 aliphatic carbocycles. The fourth-order valence-corrected chi connectivity index (χ4v) is 4.37. The van der Waals surface area contributed by atoms with Crippen LogP contribution in [-0.4, -0.2) is 72.4 Å². The van der Waals surface area contributed by atoms with E-state index in [0.717, 1.165) is 45.8 Å². The molecule has 132 valence electrons. The highest BCUT2D eigenvalue weighted by Crippen LogP contribution is 2.34. The van der Waals surface area contributed by atoms with Gasteiger partial charge in [-0.25, -0.2) is 0 Å². The molecule has 4 heterocycles. The Morgan fingerprint density at radius 3 is 2.96 bits per heavy atom. The third-order valence-corrected chi connectivity index (χ3v) is 5.56.